The first-order valence-corrected chi connectivity index (χ1v) is 7.84. The summed E-state index contributed by atoms with van der Waals surface area (Å²) in [7, 11) is 0. The van der Waals surface area contributed by atoms with Gasteiger partial charge >= 0.3 is 23.9 Å². The molecule has 8 heteroatoms. The molecule has 1 saturated carbocycles. The van der Waals surface area contributed by atoms with Gasteiger partial charge in [0.1, 0.15) is 18.3 Å². The maximum Gasteiger partial charge on any atom is 0.303 e. The second-order valence-electron chi connectivity index (χ2n) is 5.75. The SMILES string of the molecule is CC[C@H]1[C@@H](OC(C)=O)[C@@H](OC(C)=O)[C@@H](OC(C)=O)C[C@@H]1OC(C)=O. The molecule has 0 N–H and O–H groups in total. The van der Waals surface area contributed by atoms with Gasteiger partial charge in [0.25, 0.3) is 0 Å². The van der Waals surface area contributed by atoms with Crippen LogP contribution in [0.25, 0.3) is 0 Å². The molecule has 1 aliphatic carbocycles. The molecule has 8 nitrogen and oxygen atoms in total. The zero-order valence-electron chi connectivity index (χ0n) is 14.6. The summed E-state index contributed by atoms with van der Waals surface area (Å²) in [4.78, 5) is 45.7. The predicted molar refractivity (Wildman–Crippen MR) is 80.6 cm³/mol. The van der Waals surface area contributed by atoms with Crippen LogP contribution in [0.2, 0.25) is 0 Å². The molecule has 136 valence electrons. The fraction of sp³-hybridized carbons (Fsp3) is 0.750. The monoisotopic (exact) mass is 344 g/mol. The number of esters is 4. The van der Waals surface area contributed by atoms with Crippen molar-refractivity contribution in [1.82, 2.24) is 0 Å². The van der Waals surface area contributed by atoms with E-state index in [1.807, 2.05) is 6.92 Å². The minimum absolute atomic E-state index is 0.160. The third-order valence-electron chi connectivity index (χ3n) is 3.76. The molecule has 0 saturated heterocycles. The topological polar surface area (TPSA) is 105 Å². The molecule has 0 spiro atoms. The lowest BCUT2D eigenvalue weighted by atomic mass is 9.78. The molecule has 0 aromatic heterocycles. The highest BCUT2D eigenvalue weighted by Gasteiger charge is 2.50. The van der Waals surface area contributed by atoms with Crippen LogP contribution in [-0.4, -0.2) is 48.3 Å². The van der Waals surface area contributed by atoms with Crippen LogP contribution in [0.3, 0.4) is 0 Å². The van der Waals surface area contributed by atoms with Crippen LogP contribution in [0.15, 0.2) is 0 Å². The maximum absolute atomic E-state index is 11.5. The molecule has 0 bridgehead atoms. The number of rotatable bonds is 5. The first-order chi connectivity index (χ1) is 11.1. The molecular formula is C16H24O8. The van der Waals surface area contributed by atoms with Crippen LogP contribution in [-0.2, 0) is 38.1 Å². The van der Waals surface area contributed by atoms with Gasteiger partial charge in [0.05, 0.1) is 0 Å². The van der Waals surface area contributed by atoms with Gasteiger partial charge in [-0.25, -0.2) is 0 Å². The molecule has 0 unspecified atom stereocenters. The number of hydrogen-bond donors (Lipinski definition) is 0. The summed E-state index contributed by atoms with van der Waals surface area (Å²) in [5.41, 5.74) is 0. The molecule has 0 radical (unpaired) electrons. The van der Waals surface area contributed by atoms with E-state index in [4.69, 9.17) is 18.9 Å². The molecule has 0 heterocycles. The molecule has 1 rings (SSSR count). The van der Waals surface area contributed by atoms with Crippen molar-refractivity contribution in [3.8, 4) is 0 Å². The van der Waals surface area contributed by atoms with E-state index in [2.05, 4.69) is 0 Å². The number of carbonyl (C=O) groups excluding carboxylic acids is 4. The number of carbonyl (C=O) groups is 4. The van der Waals surface area contributed by atoms with Gasteiger partial charge in [0, 0.05) is 40.0 Å². The van der Waals surface area contributed by atoms with Gasteiger partial charge in [0.2, 0.25) is 0 Å². The van der Waals surface area contributed by atoms with Gasteiger partial charge in [-0.3, -0.25) is 19.2 Å². The Balaban J connectivity index is 3.20. The molecule has 1 fully saturated rings. The van der Waals surface area contributed by atoms with Crippen LogP contribution >= 0.6 is 0 Å². The average Bonchev–Trinajstić information content (AvgIpc) is 2.40. The Morgan fingerprint density at radius 2 is 1.12 bits per heavy atom. The normalized spacial score (nSPS) is 29.3. The molecule has 0 amide bonds. The van der Waals surface area contributed by atoms with Crippen molar-refractivity contribution in [2.24, 2.45) is 5.92 Å². The molecule has 0 aliphatic heterocycles. The smallest absolute Gasteiger partial charge is 0.303 e. The van der Waals surface area contributed by atoms with Crippen LogP contribution in [0, 0.1) is 5.92 Å². The molecule has 0 aromatic carbocycles. The van der Waals surface area contributed by atoms with Crippen LogP contribution in [0.1, 0.15) is 47.5 Å². The standard InChI is InChI=1S/C16H24O8/c1-6-12-13(21-8(2)17)7-14(22-9(3)18)16(24-11(5)20)15(12)23-10(4)19/h12-16H,6-7H2,1-5H3/t12-,13+,14+,15-,16+/m1/s1. The Bertz CT molecular complexity index is 500. The first kappa shape index (κ1) is 19.9. The fourth-order valence-corrected chi connectivity index (χ4v) is 3.06. The van der Waals surface area contributed by atoms with E-state index in [0.717, 1.165) is 0 Å². The second-order valence-corrected chi connectivity index (χ2v) is 5.75. The third kappa shape index (κ3) is 5.50. The highest BCUT2D eigenvalue weighted by molar-refractivity contribution is 5.69. The summed E-state index contributed by atoms with van der Waals surface area (Å²) in [6.45, 7) is 6.78. The van der Waals surface area contributed by atoms with E-state index in [0.29, 0.717) is 6.42 Å². The Morgan fingerprint density at radius 3 is 1.54 bits per heavy atom. The first-order valence-electron chi connectivity index (χ1n) is 7.84. The lowest BCUT2D eigenvalue weighted by Crippen LogP contribution is -2.57. The Kier molecular flexibility index (Phi) is 7.18. The lowest BCUT2D eigenvalue weighted by molar-refractivity contribution is -0.212. The number of ether oxygens (including phenoxy) is 4. The average molecular weight is 344 g/mol. The third-order valence-corrected chi connectivity index (χ3v) is 3.76. The minimum atomic E-state index is -0.952. The predicted octanol–water partition coefficient (Wildman–Crippen LogP) is 1.14. The van der Waals surface area contributed by atoms with Crippen LogP contribution < -0.4 is 0 Å². The Labute approximate surface area is 140 Å². The van der Waals surface area contributed by atoms with E-state index in [9.17, 15) is 19.2 Å². The van der Waals surface area contributed by atoms with Crippen molar-refractivity contribution >= 4 is 23.9 Å². The van der Waals surface area contributed by atoms with Gasteiger partial charge < -0.3 is 18.9 Å². The second kappa shape index (κ2) is 8.65. The molecule has 5 atom stereocenters. The van der Waals surface area contributed by atoms with Gasteiger partial charge in [-0.2, -0.15) is 0 Å². The van der Waals surface area contributed by atoms with Crippen molar-refractivity contribution in [1.29, 1.82) is 0 Å². The summed E-state index contributed by atoms with van der Waals surface area (Å²) < 4.78 is 21.1. The fourth-order valence-electron chi connectivity index (χ4n) is 3.06. The van der Waals surface area contributed by atoms with Crippen LogP contribution in [0.4, 0.5) is 0 Å². The van der Waals surface area contributed by atoms with Crippen molar-refractivity contribution in [2.75, 3.05) is 0 Å². The van der Waals surface area contributed by atoms with E-state index in [-0.39, 0.29) is 12.3 Å². The number of hydrogen-bond acceptors (Lipinski definition) is 8. The van der Waals surface area contributed by atoms with E-state index in [1.54, 1.807) is 0 Å². The van der Waals surface area contributed by atoms with E-state index < -0.39 is 48.3 Å². The van der Waals surface area contributed by atoms with Gasteiger partial charge in [0.15, 0.2) is 6.10 Å². The zero-order valence-corrected chi connectivity index (χ0v) is 14.6. The molecular weight excluding hydrogens is 320 g/mol. The van der Waals surface area contributed by atoms with Gasteiger partial charge in [-0.05, 0) is 6.42 Å². The molecule has 1 aliphatic rings. The van der Waals surface area contributed by atoms with Gasteiger partial charge in [-0.1, -0.05) is 6.92 Å². The van der Waals surface area contributed by atoms with Crippen molar-refractivity contribution < 1.29 is 38.1 Å². The van der Waals surface area contributed by atoms with Crippen LogP contribution in [0.5, 0.6) is 0 Å². The lowest BCUT2D eigenvalue weighted by Gasteiger charge is -2.44. The zero-order chi connectivity index (χ0) is 18.4. The van der Waals surface area contributed by atoms with Crippen molar-refractivity contribution in [2.45, 2.75) is 71.9 Å². The summed E-state index contributed by atoms with van der Waals surface area (Å²) >= 11 is 0. The van der Waals surface area contributed by atoms with E-state index in [1.165, 1.54) is 27.7 Å². The highest BCUT2D eigenvalue weighted by atomic mass is 16.6. The van der Waals surface area contributed by atoms with Crippen molar-refractivity contribution in [3.63, 3.8) is 0 Å². The summed E-state index contributed by atoms with van der Waals surface area (Å²) in [6.07, 6.45) is -2.64. The minimum Gasteiger partial charge on any atom is -0.462 e. The van der Waals surface area contributed by atoms with E-state index >= 15 is 0 Å². The highest BCUT2D eigenvalue weighted by Crippen LogP contribution is 2.36. The summed E-state index contributed by atoms with van der Waals surface area (Å²) in [5.74, 6) is -2.60. The largest absolute Gasteiger partial charge is 0.462 e. The van der Waals surface area contributed by atoms with Crippen molar-refractivity contribution in [3.05, 3.63) is 0 Å². The van der Waals surface area contributed by atoms with Gasteiger partial charge in [-0.15, -0.1) is 0 Å². The Morgan fingerprint density at radius 1 is 0.708 bits per heavy atom. The molecule has 24 heavy (non-hydrogen) atoms. The quantitative estimate of drug-likeness (QED) is 0.540. The molecule has 0 aromatic rings. The Hall–Kier alpha value is -2.12. The summed E-state index contributed by atoms with van der Waals surface area (Å²) in [5, 5.41) is 0. The maximum atomic E-state index is 11.5. The summed E-state index contributed by atoms with van der Waals surface area (Å²) in [6, 6.07) is 0.